The van der Waals surface area contributed by atoms with Gasteiger partial charge in [-0.1, -0.05) is 20.8 Å². The summed E-state index contributed by atoms with van der Waals surface area (Å²) < 4.78 is 5.22. The molecule has 2 unspecified atom stereocenters. The minimum absolute atomic E-state index is 0.0220. The molecular weight excluding hydrogens is 152 g/mol. The van der Waals surface area contributed by atoms with Crippen molar-refractivity contribution in [2.24, 2.45) is 11.8 Å². The van der Waals surface area contributed by atoms with Gasteiger partial charge >= 0.3 is 0 Å². The van der Waals surface area contributed by atoms with E-state index in [2.05, 4.69) is 13.8 Å². The number of ether oxygens (including phenoxy) is 1. The lowest BCUT2D eigenvalue weighted by atomic mass is 9.97. The minimum Gasteiger partial charge on any atom is -0.381 e. The van der Waals surface area contributed by atoms with E-state index in [4.69, 9.17) is 4.74 Å². The molecule has 0 radical (unpaired) electrons. The maximum atomic E-state index is 10.5. The fraction of sp³-hybridized carbons (Fsp3) is 0.900. The van der Waals surface area contributed by atoms with E-state index >= 15 is 0 Å². The van der Waals surface area contributed by atoms with Gasteiger partial charge in [-0.25, -0.2) is 0 Å². The Hall–Kier alpha value is -0.370. The molecule has 2 heteroatoms. The number of carbonyl (C=O) groups excluding carboxylic acids is 1. The van der Waals surface area contributed by atoms with Crippen molar-refractivity contribution in [1.82, 2.24) is 0 Å². The number of rotatable bonds is 6. The third-order valence-electron chi connectivity index (χ3n) is 2.13. The Labute approximate surface area is 75.3 Å². The summed E-state index contributed by atoms with van der Waals surface area (Å²) in [4.78, 5) is 10.5. The van der Waals surface area contributed by atoms with Crippen LogP contribution in [0, 0.1) is 11.8 Å². The van der Waals surface area contributed by atoms with Crippen molar-refractivity contribution >= 4 is 6.29 Å². The standard InChI is InChI=1S/C10H20O2/c1-8(2)5-6-10(12-4)9(3)7-11/h7-10H,5-6H2,1-4H3. The van der Waals surface area contributed by atoms with Gasteiger partial charge in [0.1, 0.15) is 6.29 Å². The number of aldehydes is 1. The Morgan fingerprint density at radius 2 is 1.83 bits per heavy atom. The molecule has 0 saturated heterocycles. The molecule has 0 bridgehead atoms. The zero-order valence-corrected chi connectivity index (χ0v) is 8.54. The highest BCUT2D eigenvalue weighted by Crippen LogP contribution is 2.14. The topological polar surface area (TPSA) is 26.3 Å². The third-order valence-corrected chi connectivity index (χ3v) is 2.13. The van der Waals surface area contributed by atoms with Gasteiger partial charge in [0.25, 0.3) is 0 Å². The van der Waals surface area contributed by atoms with Crippen LogP contribution in [0.25, 0.3) is 0 Å². The molecule has 0 fully saturated rings. The van der Waals surface area contributed by atoms with Crippen LogP contribution in [0.1, 0.15) is 33.6 Å². The van der Waals surface area contributed by atoms with E-state index in [1.54, 1.807) is 7.11 Å². The fourth-order valence-electron chi connectivity index (χ4n) is 1.18. The van der Waals surface area contributed by atoms with Crippen LogP contribution >= 0.6 is 0 Å². The molecule has 0 aliphatic carbocycles. The summed E-state index contributed by atoms with van der Waals surface area (Å²) >= 11 is 0. The number of hydrogen-bond donors (Lipinski definition) is 0. The lowest BCUT2D eigenvalue weighted by Crippen LogP contribution is -2.21. The van der Waals surface area contributed by atoms with E-state index in [-0.39, 0.29) is 12.0 Å². The van der Waals surface area contributed by atoms with Crippen molar-refractivity contribution in [1.29, 1.82) is 0 Å². The zero-order valence-electron chi connectivity index (χ0n) is 8.54. The van der Waals surface area contributed by atoms with Crippen LogP contribution in [0.3, 0.4) is 0 Å². The van der Waals surface area contributed by atoms with E-state index in [0.717, 1.165) is 19.1 Å². The summed E-state index contributed by atoms with van der Waals surface area (Å²) in [5.41, 5.74) is 0. The molecular formula is C10H20O2. The van der Waals surface area contributed by atoms with Crippen LogP contribution in [0.2, 0.25) is 0 Å². The molecule has 0 aromatic carbocycles. The molecule has 0 saturated carbocycles. The van der Waals surface area contributed by atoms with Gasteiger partial charge < -0.3 is 9.53 Å². The Morgan fingerprint density at radius 3 is 2.17 bits per heavy atom. The monoisotopic (exact) mass is 172 g/mol. The third kappa shape index (κ3) is 4.50. The van der Waals surface area contributed by atoms with Crippen molar-refractivity contribution in [3.63, 3.8) is 0 Å². The van der Waals surface area contributed by atoms with Crippen LogP contribution in [-0.2, 0) is 9.53 Å². The van der Waals surface area contributed by atoms with Crippen molar-refractivity contribution in [3.8, 4) is 0 Å². The van der Waals surface area contributed by atoms with Gasteiger partial charge in [0.05, 0.1) is 6.10 Å². The van der Waals surface area contributed by atoms with E-state index < -0.39 is 0 Å². The average Bonchev–Trinajstić information content (AvgIpc) is 2.04. The normalized spacial score (nSPS) is 16.1. The molecule has 0 N–H and O–H groups in total. The molecule has 2 nitrogen and oxygen atoms in total. The molecule has 12 heavy (non-hydrogen) atoms. The largest absolute Gasteiger partial charge is 0.381 e. The van der Waals surface area contributed by atoms with Crippen molar-refractivity contribution in [2.75, 3.05) is 7.11 Å². The molecule has 0 aliphatic rings. The summed E-state index contributed by atoms with van der Waals surface area (Å²) in [6.07, 6.45) is 3.17. The Balaban J connectivity index is 3.74. The highest BCUT2D eigenvalue weighted by molar-refractivity contribution is 5.53. The number of carbonyl (C=O) groups is 1. The zero-order chi connectivity index (χ0) is 9.56. The summed E-state index contributed by atoms with van der Waals surface area (Å²) in [5.74, 6) is 0.704. The van der Waals surface area contributed by atoms with Crippen LogP contribution in [-0.4, -0.2) is 19.5 Å². The van der Waals surface area contributed by atoms with Crippen LogP contribution < -0.4 is 0 Å². The maximum absolute atomic E-state index is 10.5. The van der Waals surface area contributed by atoms with Gasteiger partial charge in [-0.15, -0.1) is 0 Å². The molecule has 2 atom stereocenters. The first kappa shape index (κ1) is 11.6. The molecule has 0 rings (SSSR count). The molecule has 0 aromatic rings. The van der Waals surface area contributed by atoms with E-state index in [0.29, 0.717) is 5.92 Å². The van der Waals surface area contributed by atoms with Crippen molar-refractivity contribution < 1.29 is 9.53 Å². The number of hydrogen-bond acceptors (Lipinski definition) is 2. The predicted molar refractivity (Wildman–Crippen MR) is 50.1 cm³/mol. The van der Waals surface area contributed by atoms with E-state index in [1.165, 1.54) is 0 Å². The second kappa shape index (κ2) is 6.18. The van der Waals surface area contributed by atoms with Gasteiger partial charge in [-0.3, -0.25) is 0 Å². The van der Waals surface area contributed by atoms with Gasteiger partial charge in [0.2, 0.25) is 0 Å². The quantitative estimate of drug-likeness (QED) is 0.574. The second-order valence-electron chi connectivity index (χ2n) is 3.74. The molecule has 0 amide bonds. The molecule has 0 heterocycles. The Kier molecular flexibility index (Phi) is 5.99. The minimum atomic E-state index is 0.0220. The van der Waals surface area contributed by atoms with E-state index in [1.807, 2.05) is 6.92 Å². The van der Waals surface area contributed by atoms with Gasteiger partial charge in [-0.05, 0) is 18.8 Å². The van der Waals surface area contributed by atoms with E-state index in [9.17, 15) is 4.79 Å². The van der Waals surface area contributed by atoms with Crippen LogP contribution in [0.4, 0.5) is 0 Å². The highest BCUT2D eigenvalue weighted by atomic mass is 16.5. The molecule has 0 aliphatic heterocycles. The summed E-state index contributed by atoms with van der Waals surface area (Å²) in [5, 5.41) is 0. The first-order valence-electron chi connectivity index (χ1n) is 4.59. The first-order chi connectivity index (χ1) is 5.61. The first-order valence-corrected chi connectivity index (χ1v) is 4.59. The molecule has 72 valence electrons. The van der Waals surface area contributed by atoms with Crippen LogP contribution in [0.5, 0.6) is 0 Å². The summed E-state index contributed by atoms with van der Waals surface area (Å²) in [6.45, 7) is 6.26. The SMILES string of the molecule is COC(CCC(C)C)C(C)C=O. The van der Waals surface area contributed by atoms with Gasteiger partial charge in [0.15, 0.2) is 0 Å². The summed E-state index contributed by atoms with van der Waals surface area (Å²) in [6, 6.07) is 0. The van der Waals surface area contributed by atoms with Crippen molar-refractivity contribution in [3.05, 3.63) is 0 Å². The lowest BCUT2D eigenvalue weighted by Gasteiger charge is -2.18. The fourth-order valence-corrected chi connectivity index (χ4v) is 1.18. The van der Waals surface area contributed by atoms with Gasteiger partial charge in [0, 0.05) is 13.0 Å². The highest BCUT2D eigenvalue weighted by Gasteiger charge is 2.15. The van der Waals surface area contributed by atoms with Gasteiger partial charge in [-0.2, -0.15) is 0 Å². The molecule has 0 spiro atoms. The van der Waals surface area contributed by atoms with Crippen molar-refractivity contribution in [2.45, 2.75) is 39.7 Å². The summed E-state index contributed by atoms with van der Waals surface area (Å²) in [7, 11) is 1.67. The Bertz CT molecular complexity index is 121. The molecule has 0 aromatic heterocycles. The second-order valence-corrected chi connectivity index (χ2v) is 3.74. The average molecular weight is 172 g/mol. The Morgan fingerprint density at radius 1 is 1.25 bits per heavy atom. The maximum Gasteiger partial charge on any atom is 0.125 e. The van der Waals surface area contributed by atoms with Crippen LogP contribution in [0.15, 0.2) is 0 Å². The smallest absolute Gasteiger partial charge is 0.125 e. The lowest BCUT2D eigenvalue weighted by molar-refractivity contribution is -0.114. The number of methoxy groups -OCH3 is 1. The predicted octanol–water partition coefficient (Wildman–Crippen LogP) is 2.27.